The first-order valence-electron chi connectivity index (χ1n) is 4.34. The lowest BCUT2D eigenvalue weighted by molar-refractivity contribution is -0.390. The highest BCUT2D eigenvalue weighted by molar-refractivity contribution is 5.35. The molecule has 0 spiro atoms. The standard InChI is InChI=1S/C7H13N5O2/c8-4-2-1-3-5-6(12(13)14)11-7(9)10-5/h1-4,8H2,(H3,9,10,11). The maximum absolute atomic E-state index is 10.5. The van der Waals surface area contributed by atoms with E-state index in [9.17, 15) is 10.1 Å². The summed E-state index contributed by atoms with van der Waals surface area (Å²) in [5.74, 6) is -0.0287. The number of aryl methyl sites for hydroxylation is 1. The molecule has 7 nitrogen and oxygen atoms in total. The van der Waals surface area contributed by atoms with E-state index in [1.165, 1.54) is 0 Å². The molecular weight excluding hydrogens is 186 g/mol. The highest BCUT2D eigenvalue weighted by atomic mass is 16.6. The van der Waals surface area contributed by atoms with Crippen molar-refractivity contribution in [2.45, 2.75) is 19.3 Å². The number of nitrogens with zero attached hydrogens (tertiary/aromatic N) is 2. The number of nitrogen functional groups attached to an aromatic ring is 1. The highest BCUT2D eigenvalue weighted by Gasteiger charge is 2.17. The van der Waals surface area contributed by atoms with Gasteiger partial charge in [-0.2, -0.15) is 4.98 Å². The van der Waals surface area contributed by atoms with E-state index in [0.29, 0.717) is 18.7 Å². The molecule has 1 aromatic rings. The van der Waals surface area contributed by atoms with Crippen LogP contribution >= 0.6 is 0 Å². The SMILES string of the molecule is NCCCCc1nc(N)[nH]c1[N+](=O)[O-]. The normalized spacial score (nSPS) is 10.4. The zero-order valence-corrected chi connectivity index (χ0v) is 7.69. The Morgan fingerprint density at radius 2 is 2.21 bits per heavy atom. The topological polar surface area (TPSA) is 124 Å². The molecule has 0 amide bonds. The minimum Gasteiger partial charge on any atom is -0.358 e. The quantitative estimate of drug-likeness (QED) is 0.354. The average molecular weight is 199 g/mol. The average Bonchev–Trinajstić information content (AvgIpc) is 2.47. The van der Waals surface area contributed by atoms with Gasteiger partial charge in [0.1, 0.15) is 5.69 Å². The fourth-order valence-electron chi connectivity index (χ4n) is 1.18. The maximum atomic E-state index is 10.5. The molecule has 1 rings (SSSR count). The van der Waals surface area contributed by atoms with Gasteiger partial charge < -0.3 is 21.6 Å². The largest absolute Gasteiger partial charge is 0.358 e. The van der Waals surface area contributed by atoms with Crippen LogP contribution in [0.3, 0.4) is 0 Å². The summed E-state index contributed by atoms with van der Waals surface area (Å²) < 4.78 is 0. The van der Waals surface area contributed by atoms with Crippen molar-refractivity contribution in [2.75, 3.05) is 12.3 Å². The molecule has 5 N–H and O–H groups in total. The molecule has 0 unspecified atom stereocenters. The molecule has 78 valence electrons. The molecule has 0 saturated carbocycles. The summed E-state index contributed by atoms with van der Waals surface area (Å²) in [6, 6.07) is 0. The Balaban J connectivity index is 2.69. The van der Waals surface area contributed by atoms with Gasteiger partial charge in [0.25, 0.3) is 5.95 Å². The van der Waals surface area contributed by atoms with Crippen LogP contribution in [0.2, 0.25) is 0 Å². The van der Waals surface area contributed by atoms with E-state index < -0.39 is 4.92 Å². The van der Waals surface area contributed by atoms with Crippen LogP contribution in [0.25, 0.3) is 0 Å². The van der Waals surface area contributed by atoms with E-state index in [0.717, 1.165) is 12.8 Å². The number of H-pyrrole nitrogens is 1. The molecule has 0 bridgehead atoms. The van der Waals surface area contributed by atoms with E-state index in [4.69, 9.17) is 11.5 Å². The van der Waals surface area contributed by atoms with Crippen LogP contribution in [0.1, 0.15) is 18.5 Å². The summed E-state index contributed by atoms with van der Waals surface area (Å²) in [7, 11) is 0. The van der Waals surface area contributed by atoms with Crippen molar-refractivity contribution >= 4 is 11.8 Å². The van der Waals surface area contributed by atoms with Crippen LogP contribution < -0.4 is 11.5 Å². The maximum Gasteiger partial charge on any atom is 0.345 e. The van der Waals surface area contributed by atoms with Crippen LogP contribution in [0.4, 0.5) is 11.8 Å². The highest BCUT2D eigenvalue weighted by Crippen LogP contribution is 2.17. The predicted molar refractivity (Wildman–Crippen MR) is 51.6 cm³/mol. The number of anilines is 1. The monoisotopic (exact) mass is 199 g/mol. The first-order valence-corrected chi connectivity index (χ1v) is 4.34. The smallest absolute Gasteiger partial charge is 0.345 e. The molecular formula is C7H13N5O2. The number of nitrogens with one attached hydrogen (secondary N) is 1. The molecule has 0 radical (unpaired) electrons. The van der Waals surface area contributed by atoms with Gasteiger partial charge in [-0.15, -0.1) is 0 Å². The Bertz CT molecular complexity index is 322. The number of hydrogen-bond donors (Lipinski definition) is 3. The summed E-state index contributed by atoms with van der Waals surface area (Å²) in [6.45, 7) is 0.577. The third-order valence-electron chi connectivity index (χ3n) is 1.83. The van der Waals surface area contributed by atoms with Gasteiger partial charge >= 0.3 is 5.82 Å². The summed E-state index contributed by atoms with van der Waals surface area (Å²) in [4.78, 5) is 16.3. The van der Waals surface area contributed by atoms with Crippen molar-refractivity contribution in [1.82, 2.24) is 9.97 Å². The van der Waals surface area contributed by atoms with Crippen molar-refractivity contribution in [3.05, 3.63) is 15.8 Å². The lowest BCUT2D eigenvalue weighted by Crippen LogP contribution is -2.00. The Morgan fingerprint density at radius 1 is 1.50 bits per heavy atom. The summed E-state index contributed by atoms with van der Waals surface area (Å²) >= 11 is 0. The van der Waals surface area contributed by atoms with Gasteiger partial charge in [0.15, 0.2) is 0 Å². The number of aromatic amines is 1. The fourth-order valence-corrected chi connectivity index (χ4v) is 1.18. The molecule has 0 aliphatic heterocycles. The summed E-state index contributed by atoms with van der Waals surface area (Å²) in [6.07, 6.45) is 2.13. The third kappa shape index (κ3) is 2.43. The first-order chi connectivity index (χ1) is 6.65. The van der Waals surface area contributed by atoms with Gasteiger partial charge in [0.2, 0.25) is 0 Å². The molecule has 0 atom stereocenters. The molecule has 1 heterocycles. The number of imidazole rings is 1. The zero-order valence-electron chi connectivity index (χ0n) is 7.69. The second-order valence-electron chi connectivity index (χ2n) is 2.92. The van der Waals surface area contributed by atoms with E-state index >= 15 is 0 Å². The number of nitro groups is 1. The molecule has 1 aromatic heterocycles. The van der Waals surface area contributed by atoms with Gasteiger partial charge in [-0.1, -0.05) is 0 Å². The molecule has 14 heavy (non-hydrogen) atoms. The van der Waals surface area contributed by atoms with E-state index in [2.05, 4.69) is 9.97 Å². The van der Waals surface area contributed by atoms with Gasteiger partial charge in [-0.3, -0.25) is 0 Å². The van der Waals surface area contributed by atoms with Gasteiger partial charge in [-0.25, -0.2) is 4.98 Å². The minimum atomic E-state index is -0.513. The van der Waals surface area contributed by atoms with Crippen LogP contribution in [-0.4, -0.2) is 21.4 Å². The first kappa shape index (κ1) is 10.5. The minimum absolute atomic E-state index is 0.0828. The Kier molecular flexibility index (Phi) is 3.41. The zero-order chi connectivity index (χ0) is 10.6. The van der Waals surface area contributed by atoms with Crippen molar-refractivity contribution in [2.24, 2.45) is 5.73 Å². The van der Waals surface area contributed by atoms with Crippen LogP contribution in [-0.2, 0) is 6.42 Å². The van der Waals surface area contributed by atoms with Crippen molar-refractivity contribution in [3.63, 3.8) is 0 Å². The number of nitrogens with two attached hydrogens (primary N) is 2. The number of unbranched alkanes of at least 4 members (excludes halogenated alkanes) is 1. The summed E-state index contributed by atoms with van der Waals surface area (Å²) in [5.41, 5.74) is 11.0. The van der Waals surface area contributed by atoms with Crippen LogP contribution in [0, 0.1) is 10.1 Å². The molecule has 0 aliphatic rings. The molecule has 7 heteroatoms. The van der Waals surface area contributed by atoms with Crippen LogP contribution in [0.15, 0.2) is 0 Å². The lowest BCUT2D eigenvalue weighted by atomic mass is 10.2. The Labute approximate surface area is 80.7 Å². The van der Waals surface area contributed by atoms with E-state index in [-0.39, 0.29) is 11.8 Å². The van der Waals surface area contributed by atoms with Crippen molar-refractivity contribution in [3.8, 4) is 0 Å². The third-order valence-corrected chi connectivity index (χ3v) is 1.83. The number of rotatable bonds is 5. The van der Waals surface area contributed by atoms with Crippen molar-refractivity contribution < 1.29 is 4.92 Å². The Morgan fingerprint density at radius 3 is 2.79 bits per heavy atom. The molecule has 0 saturated heterocycles. The lowest BCUT2D eigenvalue weighted by Gasteiger charge is -1.96. The van der Waals surface area contributed by atoms with Crippen molar-refractivity contribution in [1.29, 1.82) is 0 Å². The van der Waals surface area contributed by atoms with E-state index in [1.54, 1.807) is 0 Å². The molecule has 0 fully saturated rings. The second-order valence-corrected chi connectivity index (χ2v) is 2.92. The van der Waals surface area contributed by atoms with Gasteiger partial charge in [0.05, 0.1) is 0 Å². The van der Waals surface area contributed by atoms with E-state index in [1.807, 2.05) is 0 Å². The predicted octanol–water partition coefficient (Wildman–Crippen LogP) is 0.182. The van der Waals surface area contributed by atoms with Gasteiger partial charge in [0, 0.05) is 0 Å². The number of hydrogen-bond acceptors (Lipinski definition) is 5. The fraction of sp³-hybridized carbons (Fsp3) is 0.571. The van der Waals surface area contributed by atoms with Crippen LogP contribution in [0.5, 0.6) is 0 Å². The van der Waals surface area contributed by atoms with Gasteiger partial charge in [-0.05, 0) is 30.7 Å². The molecule has 0 aliphatic carbocycles. The second kappa shape index (κ2) is 4.56. The summed E-state index contributed by atoms with van der Waals surface area (Å²) in [5, 5.41) is 10.5. The number of aromatic nitrogens is 2. The Hall–Kier alpha value is -1.63. The molecule has 0 aromatic carbocycles.